The first-order chi connectivity index (χ1) is 3.85. The van der Waals surface area contributed by atoms with E-state index < -0.39 is 0 Å². The summed E-state index contributed by atoms with van der Waals surface area (Å²) in [5.41, 5.74) is 0. The molecule has 0 bridgehead atoms. The van der Waals surface area contributed by atoms with E-state index >= 15 is 0 Å². The molecule has 0 saturated heterocycles. The Bertz CT molecular complexity index is 43.8. The summed E-state index contributed by atoms with van der Waals surface area (Å²) in [7, 11) is 2.31. The van der Waals surface area contributed by atoms with Crippen LogP contribution < -0.4 is 0 Å². The molecule has 0 aromatic rings. The zero-order chi connectivity index (χ0) is 6.41. The molecule has 2 atom stereocenters. The van der Waals surface area contributed by atoms with Crippen molar-refractivity contribution in [3.05, 3.63) is 0 Å². The molecular formula is C6H15OP. The van der Waals surface area contributed by atoms with Crippen molar-refractivity contribution in [1.29, 1.82) is 0 Å². The van der Waals surface area contributed by atoms with E-state index in [1.54, 1.807) is 0 Å². The van der Waals surface area contributed by atoms with Crippen LogP contribution in [0.5, 0.6) is 0 Å². The maximum atomic E-state index is 5.06. The van der Waals surface area contributed by atoms with Crippen LogP contribution in [-0.2, 0) is 4.52 Å². The molecular weight excluding hydrogens is 119 g/mol. The Hall–Kier alpha value is 0.390. The summed E-state index contributed by atoms with van der Waals surface area (Å²) >= 11 is 0. The minimum Gasteiger partial charge on any atom is -0.362 e. The molecule has 0 aromatic heterocycles. The van der Waals surface area contributed by atoms with Gasteiger partial charge in [0.05, 0.1) is 6.10 Å². The SMILES string of the molecule is CCC[C@@H](CC)OP. The normalized spacial score (nSPS) is 13.9. The molecule has 0 spiro atoms. The van der Waals surface area contributed by atoms with Gasteiger partial charge in [0, 0.05) is 9.47 Å². The summed E-state index contributed by atoms with van der Waals surface area (Å²) in [5, 5.41) is 0. The maximum absolute atomic E-state index is 5.06. The van der Waals surface area contributed by atoms with Crippen molar-refractivity contribution < 1.29 is 4.52 Å². The van der Waals surface area contributed by atoms with Gasteiger partial charge in [-0.25, -0.2) is 0 Å². The molecule has 50 valence electrons. The highest BCUT2D eigenvalue weighted by Gasteiger charge is 1.99. The van der Waals surface area contributed by atoms with Gasteiger partial charge in [0.15, 0.2) is 0 Å². The van der Waals surface area contributed by atoms with Gasteiger partial charge < -0.3 is 4.52 Å². The third-order valence-electron chi connectivity index (χ3n) is 1.26. The Morgan fingerprint density at radius 1 is 1.50 bits per heavy atom. The largest absolute Gasteiger partial charge is 0.362 e. The molecule has 0 aromatic carbocycles. The zero-order valence-electron chi connectivity index (χ0n) is 5.68. The number of rotatable bonds is 4. The van der Waals surface area contributed by atoms with Crippen LogP contribution in [0.3, 0.4) is 0 Å². The van der Waals surface area contributed by atoms with Crippen LogP contribution in [0.4, 0.5) is 0 Å². The molecule has 0 fully saturated rings. The van der Waals surface area contributed by atoms with Gasteiger partial charge >= 0.3 is 0 Å². The van der Waals surface area contributed by atoms with Gasteiger partial charge in [-0.2, -0.15) is 0 Å². The van der Waals surface area contributed by atoms with Gasteiger partial charge in [0.2, 0.25) is 0 Å². The maximum Gasteiger partial charge on any atom is 0.0608 e. The molecule has 1 unspecified atom stereocenters. The van der Waals surface area contributed by atoms with Crippen LogP contribution in [0, 0.1) is 0 Å². The average Bonchev–Trinajstić information content (AvgIpc) is 1.83. The van der Waals surface area contributed by atoms with Crippen LogP contribution in [-0.4, -0.2) is 6.10 Å². The van der Waals surface area contributed by atoms with Gasteiger partial charge in [-0.3, -0.25) is 0 Å². The lowest BCUT2D eigenvalue weighted by atomic mass is 10.2. The predicted molar refractivity (Wildman–Crippen MR) is 39.8 cm³/mol. The first-order valence-electron chi connectivity index (χ1n) is 3.20. The van der Waals surface area contributed by atoms with E-state index in [0.29, 0.717) is 6.10 Å². The fourth-order valence-electron chi connectivity index (χ4n) is 0.690. The number of hydrogen-bond donors (Lipinski definition) is 0. The molecule has 8 heavy (non-hydrogen) atoms. The van der Waals surface area contributed by atoms with Gasteiger partial charge in [-0.15, -0.1) is 0 Å². The Morgan fingerprint density at radius 3 is 2.25 bits per heavy atom. The molecule has 2 heteroatoms. The van der Waals surface area contributed by atoms with Gasteiger partial charge in [-0.05, 0) is 12.8 Å². The van der Waals surface area contributed by atoms with Crippen molar-refractivity contribution in [3.63, 3.8) is 0 Å². The van der Waals surface area contributed by atoms with Crippen molar-refractivity contribution in [2.24, 2.45) is 0 Å². The molecule has 1 nitrogen and oxygen atoms in total. The molecule has 0 aliphatic heterocycles. The van der Waals surface area contributed by atoms with Crippen molar-refractivity contribution in [3.8, 4) is 0 Å². The minimum atomic E-state index is 0.463. The van der Waals surface area contributed by atoms with Crippen molar-refractivity contribution in [1.82, 2.24) is 0 Å². The van der Waals surface area contributed by atoms with Crippen LogP contribution in [0.15, 0.2) is 0 Å². The first-order valence-corrected chi connectivity index (χ1v) is 3.67. The highest BCUT2D eigenvalue weighted by molar-refractivity contribution is 7.09. The second-order valence-corrected chi connectivity index (χ2v) is 2.23. The van der Waals surface area contributed by atoms with Crippen molar-refractivity contribution in [2.75, 3.05) is 0 Å². The third kappa shape index (κ3) is 3.40. The molecule has 0 amide bonds. The Morgan fingerprint density at radius 2 is 2.12 bits per heavy atom. The van der Waals surface area contributed by atoms with Gasteiger partial charge in [0.1, 0.15) is 0 Å². The molecule has 0 heterocycles. The monoisotopic (exact) mass is 134 g/mol. The summed E-state index contributed by atoms with van der Waals surface area (Å²) in [6.07, 6.45) is 3.98. The first kappa shape index (κ1) is 8.39. The van der Waals surface area contributed by atoms with E-state index in [9.17, 15) is 0 Å². The molecule has 0 aliphatic carbocycles. The van der Waals surface area contributed by atoms with E-state index in [1.807, 2.05) is 0 Å². The lowest BCUT2D eigenvalue weighted by Crippen LogP contribution is -2.03. The van der Waals surface area contributed by atoms with Gasteiger partial charge in [-0.1, -0.05) is 20.3 Å². The fourth-order valence-corrected chi connectivity index (χ4v) is 1.02. The molecule has 0 aliphatic rings. The van der Waals surface area contributed by atoms with Crippen molar-refractivity contribution in [2.45, 2.75) is 39.2 Å². The molecule has 0 radical (unpaired) electrons. The Labute approximate surface area is 54.1 Å². The second kappa shape index (κ2) is 5.53. The van der Waals surface area contributed by atoms with E-state index in [2.05, 4.69) is 23.3 Å². The average molecular weight is 134 g/mol. The summed E-state index contributed by atoms with van der Waals surface area (Å²) in [6, 6.07) is 0. The van der Waals surface area contributed by atoms with Gasteiger partial charge in [0.25, 0.3) is 0 Å². The van der Waals surface area contributed by atoms with Crippen LogP contribution in [0.25, 0.3) is 0 Å². The molecule has 0 N–H and O–H groups in total. The van der Waals surface area contributed by atoms with Crippen LogP contribution in [0.1, 0.15) is 33.1 Å². The van der Waals surface area contributed by atoms with E-state index in [0.717, 1.165) is 6.42 Å². The summed E-state index contributed by atoms with van der Waals surface area (Å²) in [4.78, 5) is 0. The Balaban J connectivity index is 3.07. The lowest BCUT2D eigenvalue weighted by Gasteiger charge is -2.09. The zero-order valence-corrected chi connectivity index (χ0v) is 6.84. The highest BCUT2D eigenvalue weighted by Crippen LogP contribution is 2.08. The third-order valence-corrected chi connectivity index (χ3v) is 1.64. The van der Waals surface area contributed by atoms with E-state index in [1.165, 1.54) is 12.8 Å². The van der Waals surface area contributed by atoms with E-state index in [-0.39, 0.29) is 0 Å². The minimum absolute atomic E-state index is 0.463. The molecule has 0 rings (SSSR count). The van der Waals surface area contributed by atoms with Crippen LogP contribution in [0.2, 0.25) is 0 Å². The Kier molecular flexibility index (Phi) is 5.79. The predicted octanol–water partition coefficient (Wildman–Crippen LogP) is 2.37. The van der Waals surface area contributed by atoms with E-state index in [4.69, 9.17) is 4.52 Å². The highest BCUT2D eigenvalue weighted by atomic mass is 31.0. The second-order valence-electron chi connectivity index (χ2n) is 1.96. The standard InChI is InChI=1S/C6H15OP/c1-3-5-6(4-2)7-8/h6H,3-5,8H2,1-2H3/t6-/m1/s1. The summed E-state index contributed by atoms with van der Waals surface area (Å²) < 4.78 is 5.06. The smallest absolute Gasteiger partial charge is 0.0608 e. The molecule has 0 saturated carbocycles. The summed E-state index contributed by atoms with van der Waals surface area (Å²) in [6.45, 7) is 4.32. The fraction of sp³-hybridized carbons (Fsp3) is 1.00. The quantitative estimate of drug-likeness (QED) is 0.536. The summed E-state index contributed by atoms with van der Waals surface area (Å²) in [5.74, 6) is 0. The van der Waals surface area contributed by atoms with Crippen LogP contribution >= 0.6 is 9.47 Å². The lowest BCUT2D eigenvalue weighted by molar-refractivity contribution is 0.220. The van der Waals surface area contributed by atoms with Crippen molar-refractivity contribution >= 4 is 9.47 Å². The number of hydrogen-bond acceptors (Lipinski definition) is 1. The topological polar surface area (TPSA) is 9.23 Å².